The van der Waals surface area contributed by atoms with Crippen molar-refractivity contribution in [2.75, 3.05) is 19.6 Å². The molecule has 1 aliphatic heterocycles. The molecular formula is C17H24N2O2. The fourth-order valence-electron chi connectivity index (χ4n) is 3.36. The highest BCUT2D eigenvalue weighted by molar-refractivity contribution is 5.83. The molecule has 4 nitrogen and oxygen atoms in total. The van der Waals surface area contributed by atoms with Crippen molar-refractivity contribution in [3.05, 3.63) is 35.9 Å². The van der Waals surface area contributed by atoms with Crippen LogP contribution < -0.4 is 5.73 Å². The molecule has 0 aromatic heterocycles. The third kappa shape index (κ3) is 3.11. The van der Waals surface area contributed by atoms with E-state index < -0.39 is 0 Å². The number of benzene rings is 1. The van der Waals surface area contributed by atoms with Gasteiger partial charge in [0.15, 0.2) is 0 Å². The molecule has 2 aliphatic rings. The minimum Gasteiger partial charge on any atom is -0.367 e. The smallest absolute Gasteiger partial charge is 0.226 e. The van der Waals surface area contributed by atoms with Crippen LogP contribution in [-0.4, -0.2) is 42.1 Å². The maximum Gasteiger partial charge on any atom is 0.226 e. The van der Waals surface area contributed by atoms with Crippen LogP contribution >= 0.6 is 0 Å². The first kappa shape index (κ1) is 14.5. The lowest BCUT2D eigenvalue weighted by Gasteiger charge is -2.42. The van der Waals surface area contributed by atoms with Gasteiger partial charge in [0.1, 0.15) is 0 Å². The summed E-state index contributed by atoms with van der Waals surface area (Å²) in [5, 5.41) is 0. The normalized spacial score (nSPS) is 31.0. The maximum atomic E-state index is 12.7. The molecule has 21 heavy (non-hydrogen) atoms. The molecule has 1 heterocycles. The van der Waals surface area contributed by atoms with Gasteiger partial charge in [0.05, 0.1) is 11.7 Å². The molecule has 2 fully saturated rings. The molecule has 3 rings (SSSR count). The van der Waals surface area contributed by atoms with E-state index in [-0.39, 0.29) is 23.5 Å². The van der Waals surface area contributed by atoms with Crippen LogP contribution in [0.4, 0.5) is 0 Å². The Bertz CT molecular complexity index is 515. The second kappa shape index (κ2) is 5.43. The molecule has 1 saturated carbocycles. The Labute approximate surface area is 126 Å². The van der Waals surface area contributed by atoms with Crippen LogP contribution in [0.1, 0.15) is 31.7 Å². The molecule has 0 radical (unpaired) electrons. The molecule has 0 spiro atoms. The molecule has 114 valence electrons. The van der Waals surface area contributed by atoms with Crippen LogP contribution in [0.5, 0.6) is 0 Å². The van der Waals surface area contributed by atoms with Gasteiger partial charge in [0.2, 0.25) is 5.91 Å². The first-order chi connectivity index (χ1) is 10.00. The number of ether oxygens (including phenoxy) is 1. The van der Waals surface area contributed by atoms with Crippen molar-refractivity contribution < 1.29 is 9.53 Å². The minimum atomic E-state index is -0.310. The molecular weight excluding hydrogens is 264 g/mol. The molecule has 0 bridgehead atoms. The SMILES string of the molecule is CC1(C)CN(C(=O)C2CC2c2ccccc2)CC(CN)O1. The van der Waals surface area contributed by atoms with Crippen molar-refractivity contribution in [3.63, 3.8) is 0 Å². The third-order valence-corrected chi connectivity index (χ3v) is 4.39. The standard InChI is InChI=1S/C17H24N2O2/c1-17(2)11-19(10-13(9-18)21-17)16(20)15-8-14(15)12-6-4-3-5-7-12/h3-7,13-15H,8-11,18H2,1-2H3. The zero-order chi connectivity index (χ0) is 15.0. The number of carbonyl (C=O) groups excluding carboxylic acids is 1. The average Bonchev–Trinajstić information content (AvgIpc) is 3.26. The van der Waals surface area contributed by atoms with Gasteiger partial charge in [-0.1, -0.05) is 30.3 Å². The summed E-state index contributed by atoms with van der Waals surface area (Å²) in [4.78, 5) is 14.7. The molecule has 2 N–H and O–H groups in total. The second-order valence-electron chi connectivity index (χ2n) is 6.81. The summed E-state index contributed by atoms with van der Waals surface area (Å²) in [6, 6.07) is 10.3. The summed E-state index contributed by atoms with van der Waals surface area (Å²) < 4.78 is 5.90. The van der Waals surface area contributed by atoms with Gasteiger partial charge in [-0.2, -0.15) is 0 Å². The van der Waals surface area contributed by atoms with Gasteiger partial charge in [-0.3, -0.25) is 4.79 Å². The molecule has 1 aliphatic carbocycles. The van der Waals surface area contributed by atoms with Crippen LogP contribution in [0.2, 0.25) is 0 Å². The zero-order valence-electron chi connectivity index (χ0n) is 12.8. The summed E-state index contributed by atoms with van der Waals surface area (Å²) in [7, 11) is 0. The molecule has 4 heteroatoms. The van der Waals surface area contributed by atoms with Gasteiger partial charge in [-0.25, -0.2) is 0 Å². The summed E-state index contributed by atoms with van der Waals surface area (Å²) in [6.07, 6.45) is 0.917. The van der Waals surface area contributed by atoms with Crippen LogP contribution in [0.3, 0.4) is 0 Å². The second-order valence-corrected chi connectivity index (χ2v) is 6.81. The molecule has 3 atom stereocenters. The Balaban J connectivity index is 1.66. The third-order valence-electron chi connectivity index (χ3n) is 4.39. The van der Waals surface area contributed by atoms with E-state index in [1.54, 1.807) is 0 Å². The number of hydrogen-bond acceptors (Lipinski definition) is 3. The van der Waals surface area contributed by atoms with E-state index in [1.165, 1.54) is 5.56 Å². The monoisotopic (exact) mass is 288 g/mol. The summed E-state index contributed by atoms with van der Waals surface area (Å²) in [5.41, 5.74) is 6.70. The number of nitrogens with zero attached hydrogens (tertiary/aromatic N) is 1. The van der Waals surface area contributed by atoms with E-state index in [4.69, 9.17) is 10.5 Å². The molecule has 1 saturated heterocycles. The van der Waals surface area contributed by atoms with Crippen molar-refractivity contribution in [1.29, 1.82) is 0 Å². The number of rotatable bonds is 3. The first-order valence-corrected chi connectivity index (χ1v) is 7.72. The van der Waals surface area contributed by atoms with E-state index in [2.05, 4.69) is 12.1 Å². The van der Waals surface area contributed by atoms with E-state index in [0.29, 0.717) is 25.6 Å². The van der Waals surface area contributed by atoms with Crippen molar-refractivity contribution in [1.82, 2.24) is 4.90 Å². The summed E-state index contributed by atoms with van der Waals surface area (Å²) in [5.74, 6) is 0.791. The molecule has 1 aromatic carbocycles. The predicted molar refractivity (Wildman–Crippen MR) is 81.9 cm³/mol. The van der Waals surface area contributed by atoms with Gasteiger partial charge >= 0.3 is 0 Å². The Morgan fingerprint density at radius 3 is 2.76 bits per heavy atom. The highest BCUT2D eigenvalue weighted by Gasteiger charge is 2.47. The van der Waals surface area contributed by atoms with E-state index in [1.807, 2.05) is 36.9 Å². The van der Waals surface area contributed by atoms with Crippen molar-refractivity contribution in [2.45, 2.75) is 37.9 Å². The van der Waals surface area contributed by atoms with E-state index >= 15 is 0 Å². The fourth-order valence-corrected chi connectivity index (χ4v) is 3.36. The first-order valence-electron chi connectivity index (χ1n) is 7.72. The van der Waals surface area contributed by atoms with Gasteiger partial charge < -0.3 is 15.4 Å². The number of hydrogen-bond donors (Lipinski definition) is 1. The number of morpholine rings is 1. The Kier molecular flexibility index (Phi) is 3.76. The Morgan fingerprint density at radius 1 is 1.38 bits per heavy atom. The molecule has 1 amide bonds. The minimum absolute atomic E-state index is 0.0494. The topological polar surface area (TPSA) is 55.6 Å². The lowest BCUT2D eigenvalue weighted by molar-refractivity contribution is -0.160. The van der Waals surface area contributed by atoms with E-state index in [0.717, 1.165) is 6.42 Å². The highest BCUT2D eigenvalue weighted by atomic mass is 16.5. The van der Waals surface area contributed by atoms with Gasteiger partial charge in [0, 0.05) is 25.6 Å². The van der Waals surface area contributed by atoms with Crippen LogP contribution in [0.15, 0.2) is 30.3 Å². The summed E-state index contributed by atoms with van der Waals surface area (Å²) >= 11 is 0. The Hall–Kier alpha value is -1.39. The van der Waals surface area contributed by atoms with Gasteiger partial charge in [0.25, 0.3) is 0 Å². The fraction of sp³-hybridized carbons (Fsp3) is 0.588. The van der Waals surface area contributed by atoms with Crippen molar-refractivity contribution >= 4 is 5.91 Å². The maximum absolute atomic E-state index is 12.7. The van der Waals surface area contributed by atoms with Crippen LogP contribution in [-0.2, 0) is 9.53 Å². The highest BCUT2D eigenvalue weighted by Crippen LogP contribution is 2.48. The lowest BCUT2D eigenvalue weighted by atomic mass is 10.0. The van der Waals surface area contributed by atoms with Crippen molar-refractivity contribution in [2.24, 2.45) is 11.7 Å². The van der Waals surface area contributed by atoms with Gasteiger partial charge in [-0.05, 0) is 31.7 Å². The Morgan fingerprint density at radius 2 is 2.10 bits per heavy atom. The number of amides is 1. The van der Waals surface area contributed by atoms with Crippen molar-refractivity contribution in [3.8, 4) is 0 Å². The quantitative estimate of drug-likeness (QED) is 0.922. The molecule has 3 unspecified atom stereocenters. The largest absolute Gasteiger partial charge is 0.367 e. The average molecular weight is 288 g/mol. The van der Waals surface area contributed by atoms with Gasteiger partial charge in [-0.15, -0.1) is 0 Å². The number of nitrogens with two attached hydrogens (primary N) is 1. The van der Waals surface area contributed by atoms with Crippen LogP contribution in [0, 0.1) is 5.92 Å². The predicted octanol–water partition coefficient (Wildman–Crippen LogP) is 1.75. The summed E-state index contributed by atoms with van der Waals surface area (Å²) in [6.45, 7) is 5.78. The molecule has 1 aromatic rings. The van der Waals surface area contributed by atoms with E-state index in [9.17, 15) is 4.79 Å². The zero-order valence-corrected chi connectivity index (χ0v) is 12.8. The lowest BCUT2D eigenvalue weighted by Crippen LogP contribution is -2.56. The van der Waals surface area contributed by atoms with Crippen LogP contribution in [0.25, 0.3) is 0 Å². The number of carbonyl (C=O) groups is 1.